The third-order valence-corrected chi connectivity index (χ3v) is 4.83. The molecule has 1 amide bonds. The molecule has 8 heteroatoms. The van der Waals surface area contributed by atoms with Crippen LogP contribution in [0, 0.1) is 5.21 Å². The van der Waals surface area contributed by atoms with Gasteiger partial charge in [-0.05, 0) is 29.5 Å². The number of amides is 1. The summed E-state index contributed by atoms with van der Waals surface area (Å²) in [5.41, 5.74) is 2.61. The van der Waals surface area contributed by atoms with Crippen LogP contribution in [0.4, 0.5) is 0 Å². The summed E-state index contributed by atoms with van der Waals surface area (Å²) >= 11 is 1.57. The molecule has 0 saturated carbocycles. The van der Waals surface area contributed by atoms with E-state index >= 15 is 0 Å². The lowest BCUT2D eigenvalue weighted by Crippen LogP contribution is -2.27. The van der Waals surface area contributed by atoms with Crippen molar-refractivity contribution in [3.8, 4) is 10.7 Å². The summed E-state index contributed by atoms with van der Waals surface area (Å²) in [6.45, 7) is 0.466. The molecule has 0 atom stereocenters. The number of carbonyl (C=O) groups is 1. The molecule has 0 aliphatic carbocycles. The minimum Gasteiger partial charge on any atom is -0.619 e. The van der Waals surface area contributed by atoms with E-state index in [1.165, 1.54) is 12.4 Å². The molecular weight excluding hydrogens is 350 g/mol. The molecular formula is C18H15N5O2S. The summed E-state index contributed by atoms with van der Waals surface area (Å²) in [7, 11) is 0. The van der Waals surface area contributed by atoms with Crippen molar-refractivity contribution in [2.24, 2.45) is 0 Å². The SMILES string of the molecule is O=C(NCCc1cc[n+]([O-])cc1)c1ccnc2[nH]c(-c3cccs3)nc12. The Morgan fingerprint density at radius 1 is 1.27 bits per heavy atom. The number of carbonyl (C=O) groups excluding carboxylic acids is 1. The maximum atomic E-state index is 12.6. The fourth-order valence-corrected chi connectivity index (χ4v) is 3.32. The molecule has 0 aromatic carbocycles. The van der Waals surface area contributed by atoms with Crippen LogP contribution in [0.1, 0.15) is 15.9 Å². The van der Waals surface area contributed by atoms with Gasteiger partial charge >= 0.3 is 0 Å². The number of hydrogen-bond acceptors (Lipinski definition) is 5. The zero-order valence-corrected chi connectivity index (χ0v) is 14.5. The van der Waals surface area contributed by atoms with Gasteiger partial charge in [0.05, 0.1) is 10.4 Å². The smallest absolute Gasteiger partial charge is 0.253 e. The largest absolute Gasteiger partial charge is 0.619 e. The molecule has 4 heterocycles. The lowest BCUT2D eigenvalue weighted by molar-refractivity contribution is -0.605. The molecule has 26 heavy (non-hydrogen) atoms. The molecule has 0 fully saturated rings. The molecule has 0 aliphatic heterocycles. The van der Waals surface area contributed by atoms with Gasteiger partial charge in [0.2, 0.25) is 0 Å². The quantitative estimate of drug-likeness (QED) is 0.419. The molecule has 0 spiro atoms. The number of H-pyrrole nitrogens is 1. The standard InChI is InChI=1S/C18H15N5O2S/c24-18(20-7-3-12-5-9-23(25)10-6-12)13-4-8-19-17-15(13)21-16(22-17)14-2-1-11-26-14/h1-2,4-6,8-11H,3,7H2,(H,20,24)(H,19,21,22). The van der Waals surface area contributed by atoms with Crippen LogP contribution in [0.5, 0.6) is 0 Å². The number of aromatic nitrogens is 4. The zero-order chi connectivity index (χ0) is 17.9. The summed E-state index contributed by atoms with van der Waals surface area (Å²) in [6.07, 6.45) is 5.12. The normalized spacial score (nSPS) is 10.9. The van der Waals surface area contributed by atoms with E-state index in [0.29, 0.717) is 35.5 Å². The van der Waals surface area contributed by atoms with Gasteiger partial charge in [0.1, 0.15) is 11.3 Å². The Morgan fingerprint density at radius 2 is 2.12 bits per heavy atom. The average molecular weight is 365 g/mol. The van der Waals surface area contributed by atoms with Gasteiger partial charge in [-0.25, -0.2) is 9.97 Å². The molecule has 0 saturated heterocycles. The van der Waals surface area contributed by atoms with E-state index in [0.717, 1.165) is 15.2 Å². The highest BCUT2D eigenvalue weighted by atomic mass is 32.1. The molecule has 7 nitrogen and oxygen atoms in total. The number of imidazole rings is 1. The van der Waals surface area contributed by atoms with Crippen LogP contribution in [0.15, 0.2) is 54.3 Å². The molecule has 0 radical (unpaired) electrons. The first-order chi connectivity index (χ1) is 12.7. The predicted molar refractivity (Wildman–Crippen MR) is 98.6 cm³/mol. The number of nitrogens with one attached hydrogen (secondary N) is 2. The van der Waals surface area contributed by atoms with Crippen molar-refractivity contribution in [2.75, 3.05) is 6.54 Å². The lowest BCUT2D eigenvalue weighted by Gasteiger charge is -2.05. The topological polar surface area (TPSA) is 97.6 Å². The van der Waals surface area contributed by atoms with E-state index in [9.17, 15) is 10.0 Å². The van der Waals surface area contributed by atoms with Gasteiger partial charge in [-0.3, -0.25) is 4.79 Å². The first kappa shape index (κ1) is 16.2. The van der Waals surface area contributed by atoms with Crippen molar-refractivity contribution < 1.29 is 9.52 Å². The van der Waals surface area contributed by atoms with Crippen LogP contribution in [-0.2, 0) is 6.42 Å². The van der Waals surface area contributed by atoms with Crippen molar-refractivity contribution >= 4 is 28.4 Å². The predicted octanol–water partition coefficient (Wildman–Crippen LogP) is 2.29. The minimum atomic E-state index is -0.198. The van der Waals surface area contributed by atoms with E-state index in [1.54, 1.807) is 35.7 Å². The fraction of sp³-hybridized carbons (Fsp3) is 0.111. The molecule has 4 aromatic heterocycles. The number of rotatable bonds is 5. The second-order valence-electron chi connectivity index (χ2n) is 5.69. The summed E-state index contributed by atoms with van der Waals surface area (Å²) < 4.78 is 0.735. The maximum Gasteiger partial charge on any atom is 0.253 e. The molecule has 130 valence electrons. The van der Waals surface area contributed by atoms with Crippen molar-refractivity contribution in [1.82, 2.24) is 20.3 Å². The zero-order valence-electron chi connectivity index (χ0n) is 13.7. The molecule has 4 aromatic rings. The highest BCUT2D eigenvalue weighted by Gasteiger charge is 2.15. The first-order valence-corrected chi connectivity index (χ1v) is 8.93. The Bertz CT molecular complexity index is 1040. The van der Waals surface area contributed by atoms with E-state index in [-0.39, 0.29) is 5.91 Å². The lowest BCUT2D eigenvalue weighted by atomic mass is 10.2. The fourth-order valence-electron chi connectivity index (χ4n) is 2.65. The van der Waals surface area contributed by atoms with Crippen molar-refractivity contribution in [3.63, 3.8) is 0 Å². The molecule has 0 unspecified atom stereocenters. The van der Waals surface area contributed by atoms with Crippen LogP contribution in [0.2, 0.25) is 0 Å². The monoisotopic (exact) mass is 365 g/mol. The Balaban J connectivity index is 1.50. The van der Waals surface area contributed by atoms with Gasteiger partial charge in [-0.15, -0.1) is 11.3 Å². The van der Waals surface area contributed by atoms with E-state index < -0.39 is 0 Å². The molecule has 0 bridgehead atoms. The van der Waals surface area contributed by atoms with Gasteiger partial charge in [0.25, 0.3) is 5.91 Å². The number of fused-ring (bicyclic) bond motifs is 1. The Morgan fingerprint density at radius 3 is 2.88 bits per heavy atom. The van der Waals surface area contributed by atoms with Gasteiger partial charge in [0, 0.05) is 24.9 Å². The van der Waals surface area contributed by atoms with Crippen LogP contribution in [-0.4, -0.2) is 27.4 Å². The number of thiophene rings is 1. The molecule has 4 rings (SSSR count). The van der Waals surface area contributed by atoms with Crippen LogP contribution in [0.25, 0.3) is 21.9 Å². The van der Waals surface area contributed by atoms with Crippen molar-refractivity contribution in [2.45, 2.75) is 6.42 Å². The maximum absolute atomic E-state index is 12.6. The summed E-state index contributed by atoms with van der Waals surface area (Å²) in [5, 5.41) is 15.9. The van der Waals surface area contributed by atoms with Gasteiger partial charge < -0.3 is 15.5 Å². The second-order valence-corrected chi connectivity index (χ2v) is 6.64. The molecule has 0 aliphatic rings. The first-order valence-electron chi connectivity index (χ1n) is 8.05. The third kappa shape index (κ3) is 3.27. The van der Waals surface area contributed by atoms with E-state index in [1.807, 2.05) is 17.5 Å². The van der Waals surface area contributed by atoms with Gasteiger partial charge in [0.15, 0.2) is 18.0 Å². The van der Waals surface area contributed by atoms with Crippen LogP contribution >= 0.6 is 11.3 Å². The van der Waals surface area contributed by atoms with Crippen molar-refractivity contribution in [1.29, 1.82) is 0 Å². The minimum absolute atomic E-state index is 0.198. The van der Waals surface area contributed by atoms with Gasteiger partial charge in [-0.2, -0.15) is 4.73 Å². The number of aromatic amines is 1. The van der Waals surface area contributed by atoms with Crippen LogP contribution < -0.4 is 10.0 Å². The van der Waals surface area contributed by atoms with Crippen LogP contribution in [0.3, 0.4) is 0 Å². The highest BCUT2D eigenvalue weighted by Crippen LogP contribution is 2.25. The van der Waals surface area contributed by atoms with E-state index in [4.69, 9.17) is 0 Å². The average Bonchev–Trinajstić information content (AvgIpc) is 3.32. The number of nitrogens with zero attached hydrogens (tertiary/aromatic N) is 3. The second kappa shape index (κ2) is 6.93. The highest BCUT2D eigenvalue weighted by molar-refractivity contribution is 7.13. The number of pyridine rings is 2. The molecule has 2 N–H and O–H groups in total. The summed E-state index contributed by atoms with van der Waals surface area (Å²) in [5.74, 6) is 0.509. The number of hydrogen-bond donors (Lipinski definition) is 2. The summed E-state index contributed by atoms with van der Waals surface area (Å²) in [4.78, 5) is 25.5. The van der Waals surface area contributed by atoms with E-state index in [2.05, 4.69) is 20.3 Å². The Hall–Kier alpha value is -3.26. The Kier molecular flexibility index (Phi) is 4.32. The summed E-state index contributed by atoms with van der Waals surface area (Å²) in [6, 6.07) is 9.06. The van der Waals surface area contributed by atoms with Crippen molar-refractivity contribution in [3.05, 3.63) is 70.6 Å². The van der Waals surface area contributed by atoms with Gasteiger partial charge in [-0.1, -0.05) is 6.07 Å². The Labute approximate surface area is 153 Å². The third-order valence-electron chi connectivity index (χ3n) is 3.95.